The van der Waals surface area contributed by atoms with Gasteiger partial charge in [-0.2, -0.15) is 0 Å². The van der Waals surface area contributed by atoms with Gasteiger partial charge in [0.25, 0.3) is 0 Å². The first-order valence-electron chi connectivity index (χ1n) is 9.82. The number of fused-ring (bicyclic) bond motifs is 3. The van der Waals surface area contributed by atoms with Crippen LogP contribution in [0.5, 0.6) is 0 Å². The SMILES string of the molecule is CCCCCCn1c2ccccc2c2c(C)c(-c3ccccc3)c(=O)oc21. The van der Waals surface area contributed by atoms with Crippen LogP contribution in [-0.4, -0.2) is 4.57 Å². The highest BCUT2D eigenvalue weighted by atomic mass is 16.4. The van der Waals surface area contributed by atoms with E-state index in [4.69, 9.17) is 4.42 Å². The molecule has 0 aliphatic heterocycles. The second-order valence-corrected chi connectivity index (χ2v) is 7.17. The van der Waals surface area contributed by atoms with Gasteiger partial charge in [0, 0.05) is 17.3 Å². The standard InChI is InChI=1S/C24H25NO2/c1-3-4-5-11-16-25-20-15-10-9-14-19(20)22-17(2)21(24(26)27-23(22)25)18-12-7-6-8-13-18/h6-10,12-15H,3-5,11,16H2,1-2H3. The highest BCUT2D eigenvalue weighted by Crippen LogP contribution is 2.34. The normalized spacial score (nSPS) is 11.5. The summed E-state index contributed by atoms with van der Waals surface area (Å²) >= 11 is 0. The van der Waals surface area contributed by atoms with Crippen LogP contribution in [0.25, 0.3) is 33.1 Å². The highest BCUT2D eigenvalue weighted by Gasteiger charge is 2.20. The van der Waals surface area contributed by atoms with Crippen LogP contribution in [0.1, 0.15) is 38.2 Å². The molecular formula is C24H25NO2. The Labute approximate surface area is 159 Å². The topological polar surface area (TPSA) is 35.1 Å². The predicted molar refractivity (Wildman–Crippen MR) is 112 cm³/mol. The van der Waals surface area contributed by atoms with Crippen LogP contribution >= 0.6 is 0 Å². The third-order valence-corrected chi connectivity index (χ3v) is 5.36. The number of benzene rings is 2. The second kappa shape index (κ2) is 7.43. The van der Waals surface area contributed by atoms with E-state index < -0.39 is 0 Å². The molecule has 0 aliphatic rings. The van der Waals surface area contributed by atoms with Crippen molar-refractivity contribution in [1.82, 2.24) is 4.57 Å². The van der Waals surface area contributed by atoms with Gasteiger partial charge in [-0.1, -0.05) is 74.7 Å². The summed E-state index contributed by atoms with van der Waals surface area (Å²) in [6.07, 6.45) is 4.72. The van der Waals surface area contributed by atoms with Gasteiger partial charge >= 0.3 is 5.63 Å². The summed E-state index contributed by atoms with van der Waals surface area (Å²) < 4.78 is 8.09. The number of hydrogen-bond donors (Lipinski definition) is 0. The molecule has 0 spiro atoms. The fourth-order valence-corrected chi connectivity index (χ4v) is 4.02. The molecule has 0 fully saturated rings. The zero-order valence-corrected chi connectivity index (χ0v) is 16.0. The Bertz CT molecular complexity index is 1140. The largest absolute Gasteiger partial charge is 0.405 e. The Morgan fingerprint density at radius 2 is 1.67 bits per heavy atom. The molecule has 27 heavy (non-hydrogen) atoms. The van der Waals surface area contributed by atoms with Gasteiger partial charge in [0.05, 0.1) is 11.1 Å². The smallest absolute Gasteiger partial charge is 0.345 e. The minimum atomic E-state index is -0.260. The van der Waals surface area contributed by atoms with E-state index in [9.17, 15) is 4.79 Å². The molecule has 138 valence electrons. The van der Waals surface area contributed by atoms with Crippen molar-refractivity contribution in [2.24, 2.45) is 0 Å². The van der Waals surface area contributed by atoms with E-state index in [0.717, 1.165) is 40.4 Å². The molecule has 2 aromatic heterocycles. The molecule has 0 N–H and O–H groups in total. The molecule has 0 unspecified atom stereocenters. The van der Waals surface area contributed by atoms with E-state index in [1.807, 2.05) is 37.3 Å². The van der Waals surface area contributed by atoms with E-state index in [1.165, 1.54) is 19.3 Å². The van der Waals surface area contributed by atoms with E-state index >= 15 is 0 Å². The van der Waals surface area contributed by atoms with Crippen LogP contribution in [0.4, 0.5) is 0 Å². The van der Waals surface area contributed by atoms with Crippen LogP contribution in [0, 0.1) is 6.92 Å². The molecule has 0 amide bonds. The summed E-state index contributed by atoms with van der Waals surface area (Å²) in [5.74, 6) is 0. The Hall–Kier alpha value is -2.81. The molecule has 2 heterocycles. The first-order chi connectivity index (χ1) is 13.2. The first-order valence-corrected chi connectivity index (χ1v) is 9.82. The molecule has 3 heteroatoms. The number of aromatic nitrogens is 1. The lowest BCUT2D eigenvalue weighted by Gasteiger charge is -2.08. The minimum absolute atomic E-state index is 0.260. The lowest BCUT2D eigenvalue weighted by molar-refractivity contribution is 0.513. The molecule has 3 nitrogen and oxygen atoms in total. The number of para-hydroxylation sites is 1. The molecule has 0 atom stereocenters. The summed E-state index contributed by atoms with van der Waals surface area (Å²) in [6, 6.07) is 18.2. The van der Waals surface area contributed by atoms with Crippen molar-refractivity contribution >= 4 is 22.0 Å². The van der Waals surface area contributed by atoms with E-state index in [1.54, 1.807) is 0 Å². The number of nitrogens with zero attached hydrogens (tertiary/aromatic N) is 1. The lowest BCUT2D eigenvalue weighted by atomic mass is 10.00. The first kappa shape index (κ1) is 17.6. The highest BCUT2D eigenvalue weighted by molar-refractivity contribution is 6.09. The number of aryl methyl sites for hydroxylation is 2. The van der Waals surface area contributed by atoms with Gasteiger partial charge in [-0.15, -0.1) is 0 Å². The zero-order chi connectivity index (χ0) is 18.8. The van der Waals surface area contributed by atoms with Gasteiger partial charge in [-0.3, -0.25) is 0 Å². The Kier molecular flexibility index (Phi) is 4.85. The second-order valence-electron chi connectivity index (χ2n) is 7.17. The van der Waals surface area contributed by atoms with Crippen LogP contribution in [0.2, 0.25) is 0 Å². The minimum Gasteiger partial charge on any atom is -0.405 e. The van der Waals surface area contributed by atoms with E-state index in [-0.39, 0.29) is 5.63 Å². The van der Waals surface area contributed by atoms with Gasteiger partial charge in [-0.25, -0.2) is 4.79 Å². The summed E-state index contributed by atoms with van der Waals surface area (Å²) in [5.41, 5.74) is 4.15. The maximum Gasteiger partial charge on any atom is 0.345 e. The molecule has 0 radical (unpaired) electrons. The van der Waals surface area contributed by atoms with Crippen molar-refractivity contribution in [2.45, 2.75) is 46.1 Å². The molecule has 4 aromatic rings. The summed E-state index contributed by atoms with van der Waals surface area (Å²) in [6.45, 7) is 5.13. The average Bonchev–Trinajstić information content (AvgIpc) is 3.00. The average molecular weight is 359 g/mol. The number of rotatable bonds is 6. The molecule has 0 saturated carbocycles. The van der Waals surface area contributed by atoms with Crippen molar-refractivity contribution in [3.8, 4) is 11.1 Å². The Morgan fingerprint density at radius 1 is 0.926 bits per heavy atom. The van der Waals surface area contributed by atoms with Crippen molar-refractivity contribution in [3.63, 3.8) is 0 Å². The Balaban J connectivity index is 1.96. The molecule has 0 bridgehead atoms. The lowest BCUT2D eigenvalue weighted by Crippen LogP contribution is -2.07. The Morgan fingerprint density at radius 3 is 2.44 bits per heavy atom. The maximum absolute atomic E-state index is 12.9. The van der Waals surface area contributed by atoms with Crippen molar-refractivity contribution < 1.29 is 4.42 Å². The maximum atomic E-state index is 12.9. The predicted octanol–water partition coefficient (Wildman–Crippen LogP) is 6.30. The van der Waals surface area contributed by atoms with Gasteiger partial charge < -0.3 is 8.98 Å². The van der Waals surface area contributed by atoms with Crippen molar-refractivity contribution in [1.29, 1.82) is 0 Å². The van der Waals surface area contributed by atoms with Crippen molar-refractivity contribution in [2.75, 3.05) is 0 Å². The van der Waals surface area contributed by atoms with E-state index in [0.29, 0.717) is 11.3 Å². The van der Waals surface area contributed by atoms with Crippen LogP contribution < -0.4 is 5.63 Å². The zero-order valence-electron chi connectivity index (χ0n) is 16.0. The summed E-state index contributed by atoms with van der Waals surface area (Å²) in [4.78, 5) is 12.9. The molecule has 0 saturated heterocycles. The van der Waals surface area contributed by atoms with Gasteiger partial charge in [0.2, 0.25) is 5.71 Å². The monoisotopic (exact) mass is 359 g/mol. The van der Waals surface area contributed by atoms with Gasteiger partial charge in [-0.05, 0) is 30.5 Å². The molecule has 0 aliphatic carbocycles. The third-order valence-electron chi connectivity index (χ3n) is 5.36. The van der Waals surface area contributed by atoms with Crippen LogP contribution in [0.15, 0.2) is 63.8 Å². The molecular weight excluding hydrogens is 334 g/mol. The number of unbranched alkanes of at least 4 members (excludes halogenated alkanes) is 3. The van der Waals surface area contributed by atoms with E-state index in [2.05, 4.69) is 35.8 Å². The summed E-state index contributed by atoms with van der Waals surface area (Å²) in [5, 5.41) is 2.21. The van der Waals surface area contributed by atoms with Gasteiger partial charge in [0.1, 0.15) is 0 Å². The van der Waals surface area contributed by atoms with Crippen LogP contribution in [0.3, 0.4) is 0 Å². The molecule has 4 rings (SSSR count). The number of hydrogen-bond acceptors (Lipinski definition) is 2. The van der Waals surface area contributed by atoms with Crippen LogP contribution in [-0.2, 0) is 6.54 Å². The molecule has 2 aromatic carbocycles. The quantitative estimate of drug-likeness (QED) is 0.378. The third kappa shape index (κ3) is 3.08. The van der Waals surface area contributed by atoms with Gasteiger partial charge in [0.15, 0.2) is 0 Å². The summed E-state index contributed by atoms with van der Waals surface area (Å²) in [7, 11) is 0. The fraction of sp³-hybridized carbons (Fsp3) is 0.292. The fourth-order valence-electron chi connectivity index (χ4n) is 4.02. The van der Waals surface area contributed by atoms with Crippen molar-refractivity contribution in [3.05, 3.63) is 70.6 Å².